The number of hydrogen-bond acceptors (Lipinski definition) is 3. The van der Waals surface area contributed by atoms with E-state index in [1.807, 2.05) is 20.8 Å². The van der Waals surface area contributed by atoms with E-state index in [1.54, 1.807) is 20.9 Å². The summed E-state index contributed by atoms with van der Waals surface area (Å²) in [6.45, 7) is 9.01. The van der Waals surface area contributed by atoms with E-state index in [0.29, 0.717) is 0 Å². The molecule has 6 heteroatoms. The Kier molecular flexibility index (Phi) is 6.19. The highest BCUT2D eigenvalue weighted by molar-refractivity contribution is 5.85. The SMILES string of the molecule is CN(CC(=O)NC(C)(C)C)C(=O)CC(C)(C)CC(=O)O. The van der Waals surface area contributed by atoms with Gasteiger partial charge >= 0.3 is 5.97 Å². The molecule has 0 aromatic carbocycles. The van der Waals surface area contributed by atoms with Crippen LogP contribution in [0.1, 0.15) is 47.5 Å². The molecule has 20 heavy (non-hydrogen) atoms. The molecule has 0 heterocycles. The van der Waals surface area contributed by atoms with Crippen LogP contribution in [0.15, 0.2) is 0 Å². The molecular weight excluding hydrogens is 260 g/mol. The Morgan fingerprint density at radius 2 is 1.55 bits per heavy atom. The second kappa shape index (κ2) is 6.72. The second-order valence-corrected chi connectivity index (χ2v) is 6.96. The maximum atomic E-state index is 12.0. The summed E-state index contributed by atoms with van der Waals surface area (Å²) in [5.74, 6) is -1.40. The van der Waals surface area contributed by atoms with E-state index in [4.69, 9.17) is 5.11 Å². The molecule has 0 radical (unpaired) electrons. The largest absolute Gasteiger partial charge is 0.481 e. The zero-order chi connectivity index (χ0) is 16.1. The van der Waals surface area contributed by atoms with Crippen molar-refractivity contribution in [3.63, 3.8) is 0 Å². The number of carboxylic acids is 1. The summed E-state index contributed by atoms with van der Waals surface area (Å²) in [6, 6.07) is 0. The first kappa shape index (κ1) is 18.4. The molecule has 2 amide bonds. The van der Waals surface area contributed by atoms with Crippen molar-refractivity contribution in [1.82, 2.24) is 10.2 Å². The van der Waals surface area contributed by atoms with E-state index in [-0.39, 0.29) is 36.7 Å². The Bertz CT molecular complexity index is 383. The average Bonchev–Trinajstić information content (AvgIpc) is 2.10. The minimum absolute atomic E-state index is 0.0285. The molecule has 0 unspecified atom stereocenters. The lowest BCUT2D eigenvalue weighted by atomic mass is 9.85. The topological polar surface area (TPSA) is 86.7 Å². The highest BCUT2D eigenvalue weighted by Crippen LogP contribution is 2.25. The Balaban J connectivity index is 4.42. The van der Waals surface area contributed by atoms with Crippen molar-refractivity contribution in [1.29, 1.82) is 0 Å². The number of aliphatic carboxylic acids is 1. The van der Waals surface area contributed by atoms with Crippen LogP contribution in [0.2, 0.25) is 0 Å². The number of carbonyl (C=O) groups is 3. The van der Waals surface area contributed by atoms with Gasteiger partial charge in [0.2, 0.25) is 11.8 Å². The minimum Gasteiger partial charge on any atom is -0.481 e. The van der Waals surface area contributed by atoms with Gasteiger partial charge in [0.15, 0.2) is 0 Å². The second-order valence-electron chi connectivity index (χ2n) is 6.96. The van der Waals surface area contributed by atoms with Crippen LogP contribution >= 0.6 is 0 Å². The van der Waals surface area contributed by atoms with Gasteiger partial charge in [0.05, 0.1) is 13.0 Å². The third-order valence-electron chi connectivity index (χ3n) is 2.58. The van der Waals surface area contributed by atoms with Crippen LogP contribution in [0.25, 0.3) is 0 Å². The van der Waals surface area contributed by atoms with Crippen molar-refractivity contribution in [2.24, 2.45) is 5.41 Å². The molecule has 0 rings (SSSR count). The van der Waals surface area contributed by atoms with Gasteiger partial charge in [0.1, 0.15) is 0 Å². The molecule has 0 aliphatic rings. The maximum Gasteiger partial charge on any atom is 0.303 e. The summed E-state index contributed by atoms with van der Waals surface area (Å²) in [7, 11) is 1.54. The highest BCUT2D eigenvalue weighted by Gasteiger charge is 2.27. The number of rotatable bonds is 6. The first-order valence-corrected chi connectivity index (χ1v) is 6.59. The number of hydrogen-bond donors (Lipinski definition) is 2. The molecule has 2 N–H and O–H groups in total. The summed E-state index contributed by atoms with van der Waals surface area (Å²) in [5, 5.41) is 11.6. The Labute approximate surface area is 120 Å². The first-order chi connectivity index (χ1) is 8.82. The van der Waals surface area contributed by atoms with E-state index in [9.17, 15) is 14.4 Å². The van der Waals surface area contributed by atoms with Crippen molar-refractivity contribution in [3.05, 3.63) is 0 Å². The smallest absolute Gasteiger partial charge is 0.303 e. The lowest BCUT2D eigenvalue weighted by Gasteiger charge is -2.27. The highest BCUT2D eigenvalue weighted by atomic mass is 16.4. The summed E-state index contributed by atoms with van der Waals surface area (Å²) in [5.41, 5.74) is -0.971. The van der Waals surface area contributed by atoms with Gasteiger partial charge in [-0.25, -0.2) is 0 Å². The molecule has 0 atom stereocenters. The van der Waals surface area contributed by atoms with Crippen LogP contribution in [-0.4, -0.2) is 46.9 Å². The predicted molar refractivity (Wildman–Crippen MR) is 76.2 cm³/mol. The van der Waals surface area contributed by atoms with Crippen molar-refractivity contribution in [2.75, 3.05) is 13.6 Å². The molecule has 116 valence electrons. The van der Waals surface area contributed by atoms with E-state index >= 15 is 0 Å². The van der Waals surface area contributed by atoms with Crippen molar-refractivity contribution < 1.29 is 19.5 Å². The van der Waals surface area contributed by atoms with Gasteiger partial charge in [0.25, 0.3) is 0 Å². The van der Waals surface area contributed by atoms with E-state index in [2.05, 4.69) is 5.32 Å². The Hall–Kier alpha value is -1.59. The van der Waals surface area contributed by atoms with Crippen molar-refractivity contribution in [3.8, 4) is 0 Å². The molecule has 0 bridgehead atoms. The van der Waals surface area contributed by atoms with Crippen LogP contribution in [0.3, 0.4) is 0 Å². The molecule has 0 aliphatic heterocycles. The normalized spacial score (nSPS) is 11.9. The number of carbonyl (C=O) groups excluding carboxylic acids is 2. The zero-order valence-electron chi connectivity index (χ0n) is 13.2. The molecule has 0 fully saturated rings. The minimum atomic E-state index is -0.934. The zero-order valence-corrected chi connectivity index (χ0v) is 13.2. The number of amides is 2. The van der Waals surface area contributed by atoms with Crippen molar-refractivity contribution in [2.45, 2.75) is 53.0 Å². The van der Waals surface area contributed by atoms with Crippen LogP contribution in [0, 0.1) is 5.41 Å². The Morgan fingerprint density at radius 1 is 1.05 bits per heavy atom. The molecule has 0 saturated carbocycles. The van der Waals surface area contributed by atoms with Gasteiger partial charge in [-0.05, 0) is 26.2 Å². The third kappa shape index (κ3) is 8.50. The van der Waals surface area contributed by atoms with Gasteiger partial charge < -0.3 is 15.3 Å². The fourth-order valence-corrected chi connectivity index (χ4v) is 1.78. The number of nitrogens with zero attached hydrogens (tertiary/aromatic N) is 1. The monoisotopic (exact) mass is 286 g/mol. The summed E-state index contributed by atoms with van der Waals surface area (Å²) in [4.78, 5) is 35.7. The molecule has 0 aromatic rings. The Morgan fingerprint density at radius 3 is 1.95 bits per heavy atom. The van der Waals surface area contributed by atoms with E-state index in [1.165, 1.54) is 4.90 Å². The molecule has 6 nitrogen and oxygen atoms in total. The first-order valence-electron chi connectivity index (χ1n) is 6.59. The average molecular weight is 286 g/mol. The lowest BCUT2D eigenvalue weighted by molar-refractivity contribution is -0.141. The molecular formula is C14H26N2O4. The number of likely N-dealkylation sites (N-methyl/N-ethyl adjacent to an activating group) is 1. The predicted octanol–water partition coefficient (Wildman–Crippen LogP) is 1.25. The quantitative estimate of drug-likeness (QED) is 0.769. The van der Waals surface area contributed by atoms with Crippen LogP contribution in [-0.2, 0) is 14.4 Å². The lowest BCUT2D eigenvalue weighted by Crippen LogP contribution is -2.46. The van der Waals surface area contributed by atoms with Crippen molar-refractivity contribution >= 4 is 17.8 Å². The van der Waals surface area contributed by atoms with Crippen LogP contribution in [0.4, 0.5) is 0 Å². The van der Waals surface area contributed by atoms with Crippen LogP contribution in [0.5, 0.6) is 0 Å². The molecule has 0 saturated heterocycles. The summed E-state index contributed by atoms with van der Waals surface area (Å²) in [6.07, 6.45) is 0.0133. The maximum absolute atomic E-state index is 12.0. The van der Waals surface area contributed by atoms with Crippen LogP contribution < -0.4 is 5.32 Å². The molecule has 0 spiro atoms. The third-order valence-corrected chi connectivity index (χ3v) is 2.58. The van der Waals surface area contributed by atoms with Gasteiger partial charge in [-0.1, -0.05) is 13.8 Å². The molecule has 0 aliphatic carbocycles. The number of nitrogens with one attached hydrogen (secondary N) is 1. The van der Waals surface area contributed by atoms with Gasteiger partial charge in [-0.3, -0.25) is 14.4 Å². The number of carboxylic acid groups (broad SMARTS) is 1. The fraction of sp³-hybridized carbons (Fsp3) is 0.786. The van der Waals surface area contributed by atoms with E-state index < -0.39 is 11.4 Å². The van der Waals surface area contributed by atoms with Gasteiger partial charge in [-0.15, -0.1) is 0 Å². The fourth-order valence-electron chi connectivity index (χ4n) is 1.78. The summed E-state index contributed by atoms with van der Waals surface area (Å²) >= 11 is 0. The molecule has 0 aromatic heterocycles. The summed E-state index contributed by atoms with van der Waals surface area (Å²) < 4.78 is 0. The van der Waals surface area contributed by atoms with E-state index in [0.717, 1.165) is 0 Å². The van der Waals surface area contributed by atoms with Gasteiger partial charge in [0, 0.05) is 19.0 Å². The standard InChI is InChI=1S/C14H26N2O4/c1-13(2,3)15-10(17)9-16(6)11(18)7-14(4,5)8-12(19)20/h7-9H2,1-6H3,(H,15,17)(H,19,20). The van der Waals surface area contributed by atoms with Gasteiger partial charge in [-0.2, -0.15) is 0 Å².